The van der Waals surface area contributed by atoms with Crippen molar-refractivity contribution in [2.24, 2.45) is 0 Å². The predicted octanol–water partition coefficient (Wildman–Crippen LogP) is 3.56. The monoisotopic (exact) mass is 487 g/mol. The lowest BCUT2D eigenvalue weighted by Gasteiger charge is -2.26. The smallest absolute Gasteiger partial charge is 0.335 e. The van der Waals surface area contributed by atoms with Crippen molar-refractivity contribution in [1.82, 2.24) is 10.3 Å². The molecule has 2 aromatic carbocycles. The molecular formula is C23H22ClN3O5S. The van der Waals surface area contributed by atoms with Crippen LogP contribution in [0, 0.1) is 13.8 Å². The first-order valence-electron chi connectivity index (χ1n) is 9.89. The maximum atomic E-state index is 13.4. The summed E-state index contributed by atoms with van der Waals surface area (Å²) >= 11 is 6.21. The number of carbonyl (C=O) groups excluding carboxylic acids is 1. The Labute approximate surface area is 196 Å². The number of amides is 1. The zero-order chi connectivity index (χ0) is 24.2. The SMILES string of the molecule is Cc1ccc(S(=O)(=O)N(CC(=O)NCc2cccc(C(=O)O)c2)c2cccc(Cl)c2C)cn1. The third-order valence-electron chi connectivity index (χ3n) is 4.93. The minimum atomic E-state index is -4.13. The Bertz CT molecular complexity index is 1290. The highest BCUT2D eigenvalue weighted by atomic mass is 35.5. The lowest BCUT2D eigenvalue weighted by Crippen LogP contribution is -2.41. The van der Waals surface area contributed by atoms with Crippen molar-refractivity contribution >= 4 is 39.2 Å². The second-order valence-electron chi connectivity index (χ2n) is 7.31. The van der Waals surface area contributed by atoms with Crippen molar-refractivity contribution < 1.29 is 23.1 Å². The summed E-state index contributed by atoms with van der Waals surface area (Å²) in [6.45, 7) is 2.94. The molecule has 33 heavy (non-hydrogen) atoms. The second-order valence-corrected chi connectivity index (χ2v) is 9.58. The molecule has 0 aliphatic heterocycles. The number of anilines is 1. The molecule has 0 aliphatic rings. The molecule has 3 aromatic rings. The summed E-state index contributed by atoms with van der Waals surface area (Å²) in [6.07, 6.45) is 1.24. The van der Waals surface area contributed by atoms with Gasteiger partial charge in [0.15, 0.2) is 0 Å². The van der Waals surface area contributed by atoms with Gasteiger partial charge in [0.05, 0.1) is 11.3 Å². The third kappa shape index (κ3) is 5.68. The van der Waals surface area contributed by atoms with Crippen molar-refractivity contribution in [3.8, 4) is 0 Å². The van der Waals surface area contributed by atoms with Crippen LogP contribution in [0.5, 0.6) is 0 Å². The molecule has 0 fully saturated rings. The summed E-state index contributed by atoms with van der Waals surface area (Å²) in [7, 11) is -4.13. The highest BCUT2D eigenvalue weighted by Gasteiger charge is 2.29. The third-order valence-corrected chi connectivity index (χ3v) is 7.08. The van der Waals surface area contributed by atoms with Crippen molar-refractivity contribution in [1.29, 1.82) is 0 Å². The number of carbonyl (C=O) groups is 2. The molecule has 1 heterocycles. The fraction of sp³-hybridized carbons (Fsp3) is 0.174. The van der Waals surface area contributed by atoms with Crippen LogP contribution in [0.2, 0.25) is 5.02 Å². The fourth-order valence-electron chi connectivity index (χ4n) is 3.10. The molecule has 0 saturated carbocycles. The first-order valence-corrected chi connectivity index (χ1v) is 11.7. The van der Waals surface area contributed by atoms with Gasteiger partial charge in [-0.05, 0) is 61.4 Å². The van der Waals surface area contributed by atoms with Gasteiger partial charge in [0.2, 0.25) is 5.91 Å². The molecule has 0 saturated heterocycles. The number of aromatic nitrogens is 1. The zero-order valence-electron chi connectivity index (χ0n) is 17.9. The van der Waals surface area contributed by atoms with Crippen LogP contribution in [0.25, 0.3) is 0 Å². The number of nitrogens with one attached hydrogen (secondary N) is 1. The summed E-state index contributed by atoms with van der Waals surface area (Å²) < 4.78 is 27.9. The van der Waals surface area contributed by atoms with E-state index < -0.39 is 28.4 Å². The number of hydrogen-bond donors (Lipinski definition) is 2. The number of carboxylic acid groups (broad SMARTS) is 1. The van der Waals surface area contributed by atoms with Gasteiger partial charge in [0.1, 0.15) is 11.4 Å². The van der Waals surface area contributed by atoms with E-state index >= 15 is 0 Å². The Hall–Kier alpha value is -3.43. The van der Waals surface area contributed by atoms with Gasteiger partial charge in [0.25, 0.3) is 10.0 Å². The quantitative estimate of drug-likeness (QED) is 0.501. The van der Waals surface area contributed by atoms with Crippen LogP contribution in [0.4, 0.5) is 5.69 Å². The summed E-state index contributed by atoms with van der Waals surface area (Å²) in [4.78, 5) is 27.9. The molecule has 0 aliphatic carbocycles. The van der Waals surface area contributed by atoms with E-state index in [0.717, 1.165) is 4.31 Å². The Kier molecular flexibility index (Phi) is 7.35. The molecule has 0 radical (unpaired) electrons. The highest BCUT2D eigenvalue weighted by Crippen LogP contribution is 2.30. The maximum Gasteiger partial charge on any atom is 0.335 e. The molecule has 0 unspecified atom stereocenters. The molecule has 10 heteroatoms. The predicted molar refractivity (Wildman–Crippen MR) is 125 cm³/mol. The van der Waals surface area contributed by atoms with Crippen LogP contribution in [0.15, 0.2) is 65.7 Å². The zero-order valence-corrected chi connectivity index (χ0v) is 19.5. The van der Waals surface area contributed by atoms with Gasteiger partial charge in [-0.15, -0.1) is 0 Å². The minimum absolute atomic E-state index is 0.0362. The van der Waals surface area contributed by atoms with Crippen LogP contribution in [0.1, 0.15) is 27.2 Å². The number of aromatic carboxylic acids is 1. The number of aryl methyl sites for hydroxylation is 1. The van der Waals surface area contributed by atoms with E-state index in [-0.39, 0.29) is 22.7 Å². The van der Waals surface area contributed by atoms with Crippen molar-refractivity contribution in [3.63, 3.8) is 0 Å². The first kappa shape index (κ1) is 24.2. The molecular weight excluding hydrogens is 466 g/mol. The number of rotatable bonds is 8. The number of hydrogen-bond acceptors (Lipinski definition) is 5. The van der Waals surface area contributed by atoms with Gasteiger partial charge >= 0.3 is 5.97 Å². The average Bonchev–Trinajstić information content (AvgIpc) is 2.78. The molecule has 0 spiro atoms. The normalized spacial score (nSPS) is 11.1. The summed E-state index contributed by atoms with van der Waals surface area (Å²) in [6, 6.07) is 13.9. The Morgan fingerprint density at radius 1 is 1.09 bits per heavy atom. The summed E-state index contributed by atoms with van der Waals surface area (Å²) in [5.41, 5.74) is 2.09. The van der Waals surface area contributed by atoms with Crippen LogP contribution in [0.3, 0.4) is 0 Å². The molecule has 0 bridgehead atoms. The molecule has 3 rings (SSSR count). The molecule has 172 valence electrons. The van der Waals surface area contributed by atoms with Crippen LogP contribution in [-0.2, 0) is 21.4 Å². The summed E-state index contributed by atoms with van der Waals surface area (Å²) in [5, 5.41) is 12.1. The maximum absolute atomic E-state index is 13.4. The number of benzene rings is 2. The van der Waals surface area contributed by atoms with E-state index in [0.29, 0.717) is 21.8 Å². The van der Waals surface area contributed by atoms with E-state index in [9.17, 15) is 18.0 Å². The lowest BCUT2D eigenvalue weighted by atomic mass is 10.1. The number of halogens is 1. The molecule has 0 atom stereocenters. The second kappa shape index (κ2) is 10.0. The summed E-state index contributed by atoms with van der Waals surface area (Å²) in [5.74, 6) is -1.65. The van der Waals surface area contributed by atoms with Gasteiger partial charge in [-0.3, -0.25) is 14.1 Å². The van der Waals surface area contributed by atoms with Gasteiger partial charge in [0, 0.05) is 23.5 Å². The van der Waals surface area contributed by atoms with Gasteiger partial charge in [-0.2, -0.15) is 0 Å². The van der Waals surface area contributed by atoms with E-state index in [2.05, 4.69) is 10.3 Å². The van der Waals surface area contributed by atoms with Crippen LogP contribution < -0.4 is 9.62 Å². The largest absolute Gasteiger partial charge is 0.478 e. The Balaban J connectivity index is 1.89. The highest BCUT2D eigenvalue weighted by molar-refractivity contribution is 7.92. The Morgan fingerprint density at radius 3 is 2.48 bits per heavy atom. The van der Waals surface area contributed by atoms with Crippen molar-refractivity contribution in [3.05, 3.63) is 88.2 Å². The molecule has 1 amide bonds. The first-order chi connectivity index (χ1) is 15.6. The van der Waals surface area contributed by atoms with Crippen LogP contribution in [-0.4, -0.2) is 36.9 Å². The van der Waals surface area contributed by atoms with E-state index in [1.807, 2.05) is 0 Å². The van der Waals surface area contributed by atoms with Crippen molar-refractivity contribution in [2.45, 2.75) is 25.3 Å². The van der Waals surface area contributed by atoms with E-state index in [1.54, 1.807) is 50.2 Å². The van der Waals surface area contributed by atoms with Crippen LogP contribution >= 0.6 is 11.6 Å². The van der Waals surface area contributed by atoms with Gasteiger partial charge in [-0.25, -0.2) is 13.2 Å². The number of sulfonamides is 1. The number of nitrogens with zero attached hydrogens (tertiary/aromatic N) is 2. The molecule has 2 N–H and O–H groups in total. The standard InChI is InChI=1S/C23H22ClN3O5S/c1-15-9-10-19(13-25-15)33(31,32)27(21-8-4-7-20(24)16(21)2)14-22(28)26-12-17-5-3-6-18(11-17)23(29)30/h3-11,13H,12,14H2,1-2H3,(H,26,28)(H,29,30). The lowest BCUT2D eigenvalue weighted by molar-refractivity contribution is -0.119. The van der Waals surface area contributed by atoms with Gasteiger partial charge in [-0.1, -0.05) is 29.8 Å². The van der Waals surface area contributed by atoms with E-state index in [1.165, 1.54) is 24.4 Å². The fourth-order valence-corrected chi connectivity index (χ4v) is 4.70. The van der Waals surface area contributed by atoms with Crippen molar-refractivity contribution in [2.75, 3.05) is 10.8 Å². The van der Waals surface area contributed by atoms with Gasteiger partial charge < -0.3 is 10.4 Å². The number of pyridine rings is 1. The molecule has 8 nitrogen and oxygen atoms in total. The Morgan fingerprint density at radius 2 is 1.82 bits per heavy atom. The molecule has 1 aromatic heterocycles. The minimum Gasteiger partial charge on any atom is -0.478 e. The topological polar surface area (TPSA) is 117 Å². The average molecular weight is 488 g/mol. The number of carboxylic acids is 1. The van der Waals surface area contributed by atoms with E-state index in [4.69, 9.17) is 16.7 Å².